The van der Waals surface area contributed by atoms with Gasteiger partial charge < -0.3 is 7.96 Å². The van der Waals surface area contributed by atoms with E-state index in [1.807, 2.05) is 6.07 Å². The Morgan fingerprint density at radius 3 is 2.22 bits per heavy atom. The summed E-state index contributed by atoms with van der Waals surface area (Å²) in [7, 11) is 0. The molecule has 0 heterocycles. The minimum Gasteiger partial charge on any atom is -1.00 e. The molecule has 1 aromatic rings. The first-order valence-corrected chi connectivity index (χ1v) is 6.38. The van der Waals surface area contributed by atoms with Gasteiger partial charge in [-0.3, -0.25) is 0 Å². The SMILES string of the molecule is CCC(C)c1ccc(C(=O)O)c(C(C)CC)c1.[H-].[H-].[Mg+2]. The van der Waals surface area contributed by atoms with Crippen LogP contribution in [0.4, 0.5) is 0 Å². The van der Waals surface area contributed by atoms with Crippen molar-refractivity contribution in [2.75, 3.05) is 0 Å². The van der Waals surface area contributed by atoms with Crippen molar-refractivity contribution < 1.29 is 12.8 Å². The molecule has 2 atom stereocenters. The van der Waals surface area contributed by atoms with E-state index in [9.17, 15) is 9.90 Å². The molecule has 0 fully saturated rings. The molecule has 0 aliphatic heterocycles. The van der Waals surface area contributed by atoms with Gasteiger partial charge in [0.15, 0.2) is 0 Å². The van der Waals surface area contributed by atoms with Crippen LogP contribution in [0.2, 0.25) is 0 Å². The van der Waals surface area contributed by atoms with Crippen LogP contribution in [0.15, 0.2) is 18.2 Å². The predicted octanol–water partition coefficient (Wildman–Crippen LogP) is 4.26. The Labute approximate surface area is 129 Å². The van der Waals surface area contributed by atoms with Gasteiger partial charge in [-0.25, -0.2) is 4.79 Å². The second kappa shape index (κ2) is 7.80. The fourth-order valence-electron chi connectivity index (χ4n) is 1.95. The summed E-state index contributed by atoms with van der Waals surface area (Å²) in [6, 6.07) is 5.78. The number of carboxylic acids is 1. The molecule has 3 heteroatoms. The number of carbonyl (C=O) groups is 1. The average molecular weight is 261 g/mol. The molecular formula is C15H24MgO2. The van der Waals surface area contributed by atoms with E-state index in [-0.39, 0.29) is 25.9 Å². The summed E-state index contributed by atoms with van der Waals surface area (Å²) in [4.78, 5) is 11.2. The summed E-state index contributed by atoms with van der Waals surface area (Å²) in [6.45, 7) is 8.50. The van der Waals surface area contributed by atoms with Crippen LogP contribution in [-0.4, -0.2) is 34.1 Å². The smallest absolute Gasteiger partial charge is 1.00 e. The van der Waals surface area contributed by atoms with Crippen molar-refractivity contribution in [3.05, 3.63) is 34.9 Å². The van der Waals surface area contributed by atoms with Gasteiger partial charge in [-0.1, -0.05) is 39.8 Å². The van der Waals surface area contributed by atoms with Gasteiger partial charge >= 0.3 is 29.0 Å². The molecule has 0 aliphatic rings. The van der Waals surface area contributed by atoms with Crippen molar-refractivity contribution in [2.45, 2.75) is 52.4 Å². The van der Waals surface area contributed by atoms with E-state index in [2.05, 4.69) is 33.8 Å². The van der Waals surface area contributed by atoms with Crippen LogP contribution in [0.1, 0.15) is 76.7 Å². The molecule has 0 aliphatic carbocycles. The molecule has 2 nitrogen and oxygen atoms in total. The van der Waals surface area contributed by atoms with Crippen molar-refractivity contribution in [1.29, 1.82) is 0 Å². The normalized spacial score (nSPS) is 13.6. The second-order valence-corrected chi connectivity index (χ2v) is 4.77. The predicted molar refractivity (Wildman–Crippen MR) is 78.8 cm³/mol. The van der Waals surface area contributed by atoms with Crippen LogP contribution >= 0.6 is 0 Å². The van der Waals surface area contributed by atoms with Crippen LogP contribution < -0.4 is 0 Å². The number of hydrogen-bond donors (Lipinski definition) is 1. The minimum absolute atomic E-state index is 0. The van der Waals surface area contributed by atoms with E-state index in [4.69, 9.17) is 0 Å². The molecule has 0 aromatic heterocycles. The third-order valence-electron chi connectivity index (χ3n) is 3.63. The molecule has 18 heavy (non-hydrogen) atoms. The van der Waals surface area contributed by atoms with E-state index in [1.165, 1.54) is 5.56 Å². The number of carboxylic acid groups (broad SMARTS) is 1. The number of hydrogen-bond acceptors (Lipinski definition) is 1. The van der Waals surface area contributed by atoms with E-state index >= 15 is 0 Å². The van der Waals surface area contributed by atoms with E-state index in [1.54, 1.807) is 6.07 Å². The molecule has 1 N–H and O–H groups in total. The van der Waals surface area contributed by atoms with Crippen LogP contribution in [0.3, 0.4) is 0 Å². The number of benzene rings is 1. The third-order valence-corrected chi connectivity index (χ3v) is 3.63. The first-order valence-electron chi connectivity index (χ1n) is 6.38. The molecule has 0 saturated heterocycles. The maximum atomic E-state index is 11.2. The van der Waals surface area contributed by atoms with Crippen LogP contribution in [0.5, 0.6) is 0 Å². The maximum Gasteiger partial charge on any atom is 2.00 e. The monoisotopic (exact) mass is 260 g/mol. The maximum absolute atomic E-state index is 11.2. The number of rotatable bonds is 5. The van der Waals surface area contributed by atoms with Crippen LogP contribution in [0.25, 0.3) is 0 Å². The van der Waals surface area contributed by atoms with Gasteiger partial charge in [0.05, 0.1) is 5.56 Å². The largest absolute Gasteiger partial charge is 2.00 e. The van der Waals surface area contributed by atoms with E-state index in [0.717, 1.165) is 18.4 Å². The number of aromatic carboxylic acids is 1. The van der Waals surface area contributed by atoms with Gasteiger partial charge in [0.2, 0.25) is 0 Å². The molecule has 1 aromatic carbocycles. The molecule has 0 amide bonds. The molecule has 0 spiro atoms. The summed E-state index contributed by atoms with van der Waals surface area (Å²) in [5.74, 6) is -0.0400. The van der Waals surface area contributed by atoms with Gasteiger partial charge in [-0.2, -0.15) is 0 Å². The first kappa shape index (κ1) is 17.5. The Morgan fingerprint density at radius 1 is 1.22 bits per heavy atom. The molecular weight excluding hydrogens is 236 g/mol. The van der Waals surface area contributed by atoms with Crippen molar-refractivity contribution in [3.8, 4) is 0 Å². The zero-order valence-electron chi connectivity index (χ0n) is 13.9. The van der Waals surface area contributed by atoms with Crippen molar-refractivity contribution in [3.63, 3.8) is 0 Å². The Balaban J connectivity index is -0.000000963. The second-order valence-electron chi connectivity index (χ2n) is 4.77. The first-order chi connectivity index (χ1) is 8.01. The van der Waals surface area contributed by atoms with Crippen LogP contribution in [-0.2, 0) is 0 Å². The average Bonchev–Trinajstić information content (AvgIpc) is 2.35. The molecule has 98 valence electrons. The zero-order chi connectivity index (χ0) is 13.0. The zero-order valence-corrected chi connectivity index (χ0v) is 13.3. The molecule has 0 saturated carbocycles. The fraction of sp³-hybridized carbons (Fsp3) is 0.533. The minimum atomic E-state index is -0.823. The summed E-state index contributed by atoms with van der Waals surface area (Å²) in [5, 5.41) is 9.20. The summed E-state index contributed by atoms with van der Waals surface area (Å²) in [5.41, 5.74) is 2.66. The van der Waals surface area contributed by atoms with Crippen molar-refractivity contribution >= 4 is 29.0 Å². The van der Waals surface area contributed by atoms with Gasteiger partial charge in [-0.05, 0) is 41.9 Å². The third kappa shape index (κ3) is 3.99. The van der Waals surface area contributed by atoms with Gasteiger partial charge in [0.25, 0.3) is 0 Å². The fourth-order valence-corrected chi connectivity index (χ4v) is 1.95. The molecule has 0 bridgehead atoms. The van der Waals surface area contributed by atoms with E-state index < -0.39 is 5.97 Å². The van der Waals surface area contributed by atoms with Gasteiger partial charge in [-0.15, -0.1) is 0 Å². The topological polar surface area (TPSA) is 37.3 Å². The van der Waals surface area contributed by atoms with Gasteiger partial charge in [0, 0.05) is 0 Å². The Hall–Kier alpha value is -0.544. The summed E-state index contributed by atoms with van der Waals surface area (Å²) in [6.07, 6.45) is 2.04. The Morgan fingerprint density at radius 2 is 1.78 bits per heavy atom. The Kier molecular flexibility index (Phi) is 7.56. The summed E-state index contributed by atoms with van der Waals surface area (Å²) >= 11 is 0. The van der Waals surface area contributed by atoms with E-state index in [0.29, 0.717) is 17.4 Å². The van der Waals surface area contributed by atoms with Crippen molar-refractivity contribution in [1.82, 2.24) is 0 Å². The quantitative estimate of drug-likeness (QED) is 0.804. The summed E-state index contributed by atoms with van der Waals surface area (Å²) < 4.78 is 0. The molecule has 1 rings (SSSR count). The molecule has 0 radical (unpaired) electrons. The molecule has 2 unspecified atom stereocenters. The standard InChI is InChI=1S/C15H22O2.Mg.2H/c1-5-10(3)12-7-8-13(15(16)17)14(9-12)11(4)6-2;;;/h7-11H,5-6H2,1-4H3,(H,16,17);;;/q;+2;2*-1. The van der Waals surface area contributed by atoms with Gasteiger partial charge in [0.1, 0.15) is 0 Å². The van der Waals surface area contributed by atoms with Crippen LogP contribution in [0, 0.1) is 0 Å². The van der Waals surface area contributed by atoms with Crippen molar-refractivity contribution in [2.24, 2.45) is 0 Å². The Bertz CT molecular complexity index is 411.